The zero-order valence-corrected chi connectivity index (χ0v) is 51.7. The third-order valence-electron chi connectivity index (χ3n) is 23.4. The minimum absolute atomic E-state index is 0.00286. The Hall–Kier alpha value is -7.02. The van der Waals surface area contributed by atoms with Crippen LogP contribution in [0.3, 0.4) is 0 Å². The maximum absolute atomic E-state index is 2.88. The molecule has 4 nitrogen and oxygen atoms in total. The predicted molar refractivity (Wildman–Crippen MR) is 356 cm³/mol. The van der Waals surface area contributed by atoms with Crippen LogP contribution in [0.4, 0.5) is 39.8 Å². The first-order valence-electron chi connectivity index (χ1n) is 31.4. The molecule has 8 aromatic carbocycles. The fraction of sp³-hybridized carbons (Fsp3) is 0.351. The highest BCUT2D eigenvalue weighted by atomic mass is 32.1. The summed E-state index contributed by atoms with van der Waals surface area (Å²) in [4.78, 5) is 8.49. The number of benzene rings is 8. The highest BCUT2D eigenvalue weighted by Crippen LogP contribution is 2.65. The van der Waals surface area contributed by atoms with Gasteiger partial charge in [-0.15, -0.1) is 11.3 Å². The van der Waals surface area contributed by atoms with E-state index in [0.29, 0.717) is 0 Å². The maximum atomic E-state index is 2.88. The molecule has 414 valence electrons. The van der Waals surface area contributed by atoms with Crippen LogP contribution in [0.25, 0.3) is 48.0 Å². The monoisotopic (exact) mass is 1100 g/mol. The molecule has 2 aromatic heterocycles. The first kappa shape index (κ1) is 50.5. The molecule has 0 radical (unpaired) electrons. The molecule has 0 bridgehead atoms. The number of nitrogens with zero attached hydrogens (tertiary/aromatic N) is 4. The fourth-order valence-electron chi connectivity index (χ4n) is 18.6. The largest absolute Gasteiger partial charge is 0.334 e. The third-order valence-corrected chi connectivity index (χ3v) is 24.6. The van der Waals surface area contributed by atoms with Gasteiger partial charge in [0.15, 0.2) is 0 Å². The highest BCUT2D eigenvalue weighted by molar-refractivity contribution is 7.26. The first-order chi connectivity index (χ1) is 39.7. The Morgan fingerprint density at radius 2 is 1.04 bits per heavy atom. The molecule has 4 unspecified atom stereocenters. The Balaban J connectivity index is 1.01. The molecule has 10 aromatic rings. The molecule has 17 rings (SSSR count). The van der Waals surface area contributed by atoms with Crippen molar-refractivity contribution in [1.82, 2.24) is 4.57 Å². The van der Waals surface area contributed by atoms with Gasteiger partial charge in [-0.1, -0.05) is 198 Å². The molecule has 6 heteroatoms. The van der Waals surface area contributed by atoms with Crippen molar-refractivity contribution in [2.75, 3.05) is 14.7 Å². The summed E-state index contributed by atoms with van der Waals surface area (Å²) < 4.78 is 5.44. The zero-order chi connectivity index (χ0) is 56.9. The van der Waals surface area contributed by atoms with Crippen LogP contribution in [0, 0.1) is 0 Å². The van der Waals surface area contributed by atoms with Crippen molar-refractivity contribution in [3.05, 3.63) is 185 Å². The Labute approximate surface area is 496 Å². The standard InChI is InChI=1S/C77H77BN4S/c1-71(2,3)46-31-35-59-55(41-46)74(9)37-17-19-39-76(74,11)81(59)48-33-34-57-62(43-48)79(61-29-22-25-51-50-23-14-16-30-65(50)83-70(51)61)63-44-49(82-60-36-32-47(72(4,5)6)42-56(60)75(10)38-18-20-40-77(75,82)12)45-64-67(63)78(57)58-28-21-26-53-66-69(80(64)68(53)58)52-24-13-15-27-54(52)73(66,7)8/h13-16,21-36,41-45H,17-20,37-40H2,1-12H3. The topological polar surface area (TPSA) is 14.7 Å². The number of rotatable bonds is 3. The van der Waals surface area contributed by atoms with Gasteiger partial charge in [0, 0.05) is 88.0 Å². The fourth-order valence-corrected chi connectivity index (χ4v) is 19.8. The lowest BCUT2D eigenvalue weighted by Gasteiger charge is -2.51. The normalized spacial score (nSPS) is 24.2. The Bertz CT molecular complexity index is 4520. The summed E-state index contributed by atoms with van der Waals surface area (Å²) in [5, 5.41) is 4.03. The highest BCUT2D eigenvalue weighted by Gasteiger charge is 2.60. The second-order valence-corrected chi connectivity index (χ2v) is 30.9. The quantitative estimate of drug-likeness (QED) is 0.164. The van der Waals surface area contributed by atoms with Gasteiger partial charge in [0.25, 0.3) is 6.71 Å². The van der Waals surface area contributed by atoms with Crippen molar-refractivity contribution in [2.24, 2.45) is 0 Å². The van der Waals surface area contributed by atoms with E-state index in [0.717, 1.165) is 12.8 Å². The van der Waals surface area contributed by atoms with E-state index in [1.807, 2.05) is 11.3 Å². The van der Waals surface area contributed by atoms with Gasteiger partial charge in [-0.3, -0.25) is 0 Å². The Morgan fingerprint density at radius 3 is 1.72 bits per heavy atom. The van der Waals surface area contributed by atoms with E-state index < -0.39 is 0 Å². The summed E-state index contributed by atoms with van der Waals surface area (Å²) in [6.07, 6.45) is 9.62. The molecule has 3 aliphatic carbocycles. The summed E-state index contributed by atoms with van der Waals surface area (Å²) in [7, 11) is 0. The average Bonchev–Trinajstić information content (AvgIpc) is 1.73. The average molecular weight is 1100 g/mol. The molecule has 4 atom stereocenters. The predicted octanol–water partition coefficient (Wildman–Crippen LogP) is 19.0. The van der Waals surface area contributed by atoms with Gasteiger partial charge in [0.2, 0.25) is 0 Å². The molecule has 0 amide bonds. The SMILES string of the molecule is CC(C)(C)c1ccc2c(c1)C1(C)CCCCC1(C)N2c1ccc2c(c1)N(c1cccc3c1sc1ccccc13)c1cc(N3c4ccc(C(C)(C)C)cc4C4(C)CCCCC34C)cc3c1B2c1cccc2c4c(n-3c12)-c1ccccc1C4(C)C. The van der Waals surface area contributed by atoms with Crippen molar-refractivity contribution >= 4 is 105 Å². The van der Waals surface area contributed by atoms with Crippen molar-refractivity contribution in [2.45, 2.75) is 173 Å². The number of hydrogen-bond acceptors (Lipinski definition) is 4. The van der Waals surface area contributed by atoms with Crippen LogP contribution in [-0.2, 0) is 27.1 Å². The lowest BCUT2D eigenvalue weighted by atomic mass is 9.33. The van der Waals surface area contributed by atoms with E-state index >= 15 is 0 Å². The van der Waals surface area contributed by atoms with Gasteiger partial charge in [-0.05, 0) is 149 Å². The van der Waals surface area contributed by atoms with Crippen LogP contribution in [0.1, 0.15) is 168 Å². The molecular formula is C77H77BN4S. The van der Waals surface area contributed by atoms with Gasteiger partial charge >= 0.3 is 0 Å². The molecule has 0 spiro atoms. The second kappa shape index (κ2) is 16.2. The first-order valence-corrected chi connectivity index (χ1v) is 32.2. The number of fused-ring (bicyclic) bond motifs is 18. The summed E-state index contributed by atoms with van der Waals surface area (Å²) in [5.74, 6) is 0. The second-order valence-electron chi connectivity index (χ2n) is 29.9. The van der Waals surface area contributed by atoms with Crippen molar-refractivity contribution < 1.29 is 0 Å². The molecule has 4 aliphatic heterocycles. The van der Waals surface area contributed by atoms with Gasteiger partial charge in [-0.25, -0.2) is 0 Å². The third kappa shape index (κ3) is 6.19. The lowest BCUT2D eigenvalue weighted by molar-refractivity contribution is 0.195. The minimum Gasteiger partial charge on any atom is -0.334 e. The van der Waals surface area contributed by atoms with Crippen LogP contribution in [0.5, 0.6) is 0 Å². The van der Waals surface area contributed by atoms with Crippen molar-refractivity contribution in [1.29, 1.82) is 0 Å². The molecule has 0 saturated heterocycles. The number of thiophene rings is 1. The van der Waals surface area contributed by atoms with E-state index in [9.17, 15) is 0 Å². The van der Waals surface area contributed by atoms with E-state index in [1.165, 1.54) is 176 Å². The molecular weight excluding hydrogens is 1020 g/mol. The summed E-state index contributed by atoms with van der Waals surface area (Å²) in [6.45, 7) is 29.7. The smallest absolute Gasteiger partial charge is 0.252 e. The van der Waals surface area contributed by atoms with E-state index in [-0.39, 0.29) is 44.9 Å². The van der Waals surface area contributed by atoms with Gasteiger partial charge in [-0.2, -0.15) is 0 Å². The van der Waals surface area contributed by atoms with Crippen LogP contribution in [-0.4, -0.2) is 22.4 Å². The lowest BCUT2D eigenvalue weighted by Crippen LogP contribution is -2.61. The molecule has 7 aliphatic rings. The number of aromatic nitrogens is 1. The molecule has 0 N–H and O–H groups in total. The molecule has 2 fully saturated rings. The van der Waals surface area contributed by atoms with Crippen LogP contribution in [0.2, 0.25) is 0 Å². The summed E-state index contributed by atoms with van der Waals surface area (Å²) in [5.41, 5.74) is 27.1. The minimum atomic E-state index is -0.191. The van der Waals surface area contributed by atoms with Crippen LogP contribution >= 0.6 is 11.3 Å². The zero-order valence-electron chi connectivity index (χ0n) is 50.9. The van der Waals surface area contributed by atoms with Crippen molar-refractivity contribution in [3.63, 3.8) is 0 Å². The van der Waals surface area contributed by atoms with Crippen molar-refractivity contribution in [3.8, 4) is 16.9 Å². The van der Waals surface area contributed by atoms with Gasteiger partial charge in [0.05, 0.1) is 27.2 Å². The number of anilines is 7. The summed E-state index contributed by atoms with van der Waals surface area (Å²) in [6, 6.07) is 61.2. The molecule has 2 saturated carbocycles. The van der Waals surface area contributed by atoms with E-state index in [4.69, 9.17) is 0 Å². The number of hydrogen-bond donors (Lipinski definition) is 0. The molecule has 6 heterocycles. The Morgan fingerprint density at radius 1 is 0.458 bits per heavy atom. The summed E-state index contributed by atoms with van der Waals surface area (Å²) >= 11 is 1.96. The number of para-hydroxylation sites is 1. The van der Waals surface area contributed by atoms with Gasteiger partial charge in [0.1, 0.15) is 0 Å². The van der Waals surface area contributed by atoms with Gasteiger partial charge < -0.3 is 19.3 Å². The van der Waals surface area contributed by atoms with Crippen LogP contribution in [0.15, 0.2) is 152 Å². The van der Waals surface area contributed by atoms with E-state index in [1.54, 1.807) is 0 Å². The maximum Gasteiger partial charge on any atom is 0.252 e. The Kier molecular flexibility index (Phi) is 9.88. The van der Waals surface area contributed by atoms with E-state index in [2.05, 4.69) is 254 Å². The molecule has 83 heavy (non-hydrogen) atoms. The van der Waals surface area contributed by atoms with Crippen LogP contribution < -0.4 is 31.1 Å².